The van der Waals surface area contributed by atoms with Gasteiger partial charge in [-0.05, 0) is 49.9 Å². The van der Waals surface area contributed by atoms with Gasteiger partial charge in [0.1, 0.15) is 0 Å². The van der Waals surface area contributed by atoms with Crippen molar-refractivity contribution in [1.82, 2.24) is 9.21 Å². The first-order chi connectivity index (χ1) is 14.4. The number of nitrogens with zero attached hydrogens (tertiary/aromatic N) is 2. The SMILES string of the molecule is O=C(Nc1ccc(S(=O)(=O)N2CCCCC2)cc1)C1CC(=O)N(C2CCCCC2)C1. The van der Waals surface area contributed by atoms with Crippen molar-refractivity contribution in [3.8, 4) is 0 Å². The Hall–Kier alpha value is -1.93. The normalized spacial score (nSPS) is 24.2. The van der Waals surface area contributed by atoms with Gasteiger partial charge >= 0.3 is 0 Å². The first-order valence-electron chi connectivity index (χ1n) is 11.2. The first kappa shape index (κ1) is 21.3. The lowest BCUT2D eigenvalue weighted by molar-refractivity contribution is -0.130. The molecule has 1 aromatic carbocycles. The van der Waals surface area contributed by atoms with Gasteiger partial charge in [-0.3, -0.25) is 9.59 Å². The molecule has 0 bridgehead atoms. The molecule has 7 nitrogen and oxygen atoms in total. The molecular weight excluding hydrogens is 402 g/mol. The van der Waals surface area contributed by atoms with Gasteiger partial charge in [-0.15, -0.1) is 0 Å². The number of hydrogen-bond donors (Lipinski definition) is 1. The summed E-state index contributed by atoms with van der Waals surface area (Å²) in [5, 5.41) is 2.86. The molecule has 1 saturated carbocycles. The van der Waals surface area contributed by atoms with Crippen molar-refractivity contribution in [2.24, 2.45) is 5.92 Å². The van der Waals surface area contributed by atoms with Crippen molar-refractivity contribution in [1.29, 1.82) is 0 Å². The summed E-state index contributed by atoms with van der Waals surface area (Å²) < 4.78 is 27.0. The maximum atomic E-state index is 12.7. The van der Waals surface area contributed by atoms with E-state index in [4.69, 9.17) is 0 Å². The van der Waals surface area contributed by atoms with E-state index >= 15 is 0 Å². The maximum Gasteiger partial charge on any atom is 0.243 e. The molecule has 8 heteroatoms. The first-order valence-corrected chi connectivity index (χ1v) is 12.6. The van der Waals surface area contributed by atoms with Gasteiger partial charge < -0.3 is 10.2 Å². The Morgan fingerprint density at radius 3 is 2.23 bits per heavy atom. The van der Waals surface area contributed by atoms with Crippen molar-refractivity contribution in [2.45, 2.75) is 68.7 Å². The molecule has 1 unspecified atom stereocenters. The maximum absolute atomic E-state index is 12.7. The Morgan fingerprint density at radius 1 is 0.933 bits per heavy atom. The van der Waals surface area contributed by atoms with E-state index in [0.717, 1.165) is 44.9 Å². The Bertz CT molecular complexity index is 872. The number of carbonyl (C=O) groups excluding carboxylic acids is 2. The lowest BCUT2D eigenvalue weighted by Crippen LogP contribution is -2.38. The molecule has 0 radical (unpaired) electrons. The minimum Gasteiger partial charge on any atom is -0.339 e. The van der Waals surface area contributed by atoms with Gasteiger partial charge in [0.15, 0.2) is 0 Å². The quantitative estimate of drug-likeness (QED) is 0.773. The molecule has 2 heterocycles. The highest BCUT2D eigenvalue weighted by Gasteiger charge is 2.38. The molecule has 30 heavy (non-hydrogen) atoms. The number of piperidine rings is 1. The molecule has 4 rings (SSSR count). The standard InChI is InChI=1S/C22H31N3O4S/c26-21-15-17(16-25(21)19-7-3-1-4-8-19)22(27)23-18-9-11-20(12-10-18)30(28,29)24-13-5-2-6-14-24/h9-12,17,19H,1-8,13-16H2,(H,23,27). The Morgan fingerprint density at radius 2 is 1.57 bits per heavy atom. The number of amides is 2. The van der Waals surface area contributed by atoms with E-state index in [1.807, 2.05) is 4.90 Å². The molecule has 164 valence electrons. The van der Waals surface area contributed by atoms with E-state index < -0.39 is 10.0 Å². The monoisotopic (exact) mass is 433 g/mol. The van der Waals surface area contributed by atoms with E-state index in [2.05, 4.69) is 5.32 Å². The zero-order chi connectivity index (χ0) is 21.1. The molecule has 1 aromatic rings. The van der Waals surface area contributed by atoms with Crippen LogP contribution in [0.1, 0.15) is 57.8 Å². The second-order valence-electron chi connectivity index (χ2n) is 8.72. The van der Waals surface area contributed by atoms with E-state index in [0.29, 0.717) is 25.3 Å². The largest absolute Gasteiger partial charge is 0.339 e. The van der Waals surface area contributed by atoms with Crippen LogP contribution < -0.4 is 5.32 Å². The zero-order valence-corrected chi connectivity index (χ0v) is 18.2. The van der Waals surface area contributed by atoms with Crippen LogP contribution in [-0.2, 0) is 19.6 Å². The fraction of sp³-hybridized carbons (Fsp3) is 0.636. The average Bonchev–Trinajstić information content (AvgIpc) is 3.17. The van der Waals surface area contributed by atoms with Gasteiger partial charge in [0.05, 0.1) is 10.8 Å². The van der Waals surface area contributed by atoms with Gasteiger partial charge in [0.2, 0.25) is 21.8 Å². The summed E-state index contributed by atoms with van der Waals surface area (Å²) >= 11 is 0. The van der Waals surface area contributed by atoms with Crippen LogP contribution in [0, 0.1) is 5.92 Å². The number of likely N-dealkylation sites (tertiary alicyclic amines) is 1. The number of carbonyl (C=O) groups is 2. The van der Waals surface area contributed by atoms with E-state index in [1.165, 1.54) is 10.7 Å². The Labute approximate surface area is 178 Å². The summed E-state index contributed by atoms with van der Waals surface area (Å²) in [7, 11) is -3.48. The van der Waals surface area contributed by atoms with E-state index in [-0.39, 0.29) is 35.1 Å². The molecule has 2 saturated heterocycles. The molecule has 1 atom stereocenters. The highest BCUT2D eigenvalue weighted by molar-refractivity contribution is 7.89. The summed E-state index contributed by atoms with van der Waals surface area (Å²) in [6.07, 6.45) is 8.71. The van der Waals surface area contributed by atoms with Crippen LogP contribution in [0.5, 0.6) is 0 Å². The van der Waals surface area contributed by atoms with Gasteiger partial charge in [-0.1, -0.05) is 25.7 Å². The van der Waals surface area contributed by atoms with Gasteiger partial charge in [-0.2, -0.15) is 4.31 Å². The smallest absolute Gasteiger partial charge is 0.243 e. The van der Waals surface area contributed by atoms with E-state index in [9.17, 15) is 18.0 Å². The van der Waals surface area contributed by atoms with E-state index in [1.54, 1.807) is 24.3 Å². The highest BCUT2D eigenvalue weighted by Crippen LogP contribution is 2.29. The summed E-state index contributed by atoms with van der Waals surface area (Å²) in [4.78, 5) is 27.3. The van der Waals surface area contributed by atoms with Crippen LogP contribution in [0.3, 0.4) is 0 Å². The summed E-state index contributed by atoms with van der Waals surface area (Å²) in [6.45, 7) is 1.61. The third-order valence-corrected chi connectivity index (χ3v) is 8.53. The molecule has 1 N–H and O–H groups in total. The minimum absolute atomic E-state index is 0.0741. The molecular formula is C22H31N3O4S. The minimum atomic E-state index is -3.48. The molecule has 2 amide bonds. The Kier molecular flexibility index (Phi) is 6.43. The predicted octanol–water partition coefficient (Wildman–Crippen LogP) is 2.98. The second-order valence-corrected chi connectivity index (χ2v) is 10.7. The number of hydrogen-bond acceptors (Lipinski definition) is 4. The predicted molar refractivity (Wildman–Crippen MR) is 114 cm³/mol. The fourth-order valence-electron chi connectivity index (χ4n) is 4.86. The Balaban J connectivity index is 1.36. The number of sulfonamides is 1. The molecule has 2 aliphatic heterocycles. The number of nitrogens with one attached hydrogen (secondary N) is 1. The second kappa shape index (κ2) is 9.06. The zero-order valence-electron chi connectivity index (χ0n) is 17.4. The lowest BCUT2D eigenvalue weighted by atomic mass is 9.94. The van der Waals surface area contributed by atoms with Gasteiger partial charge in [-0.25, -0.2) is 8.42 Å². The highest BCUT2D eigenvalue weighted by atomic mass is 32.2. The van der Waals surface area contributed by atoms with Crippen molar-refractivity contribution in [3.63, 3.8) is 0 Å². The van der Waals surface area contributed by atoms with Crippen LogP contribution in [0.4, 0.5) is 5.69 Å². The van der Waals surface area contributed by atoms with Crippen LogP contribution in [-0.4, -0.2) is 55.1 Å². The molecule has 3 aliphatic rings. The molecule has 1 aliphatic carbocycles. The van der Waals surface area contributed by atoms with Gasteiger partial charge in [0.25, 0.3) is 0 Å². The van der Waals surface area contributed by atoms with Crippen molar-refractivity contribution in [2.75, 3.05) is 25.0 Å². The fourth-order valence-corrected chi connectivity index (χ4v) is 6.38. The summed E-state index contributed by atoms with van der Waals surface area (Å²) in [5.41, 5.74) is 0.557. The molecule has 0 aromatic heterocycles. The van der Waals surface area contributed by atoms with Crippen molar-refractivity contribution < 1.29 is 18.0 Å². The third kappa shape index (κ3) is 4.54. The third-order valence-electron chi connectivity index (χ3n) is 6.62. The van der Waals surface area contributed by atoms with Crippen LogP contribution >= 0.6 is 0 Å². The van der Waals surface area contributed by atoms with Gasteiger partial charge in [0, 0.05) is 37.8 Å². The summed E-state index contributed by atoms with van der Waals surface area (Å²) in [6, 6.07) is 6.64. The number of anilines is 1. The lowest BCUT2D eigenvalue weighted by Gasteiger charge is -2.31. The van der Waals surface area contributed by atoms with Crippen LogP contribution in [0.15, 0.2) is 29.2 Å². The average molecular weight is 434 g/mol. The number of benzene rings is 1. The molecule has 0 spiro atoms. The van der Waals surface area contributed by atoms with Crippen molar-refractivity contribution >= 4 is 27.5 Å². The van der Waals surface area contributed by atoms with Crippen LogP contribution in [0.2, 0.25) is 0 Å². The number of rotatable bonds is 5. The van der Waals surface area contributed by atoms with Crippen molar-refractivity contribution in [3.05, 3.63) is 24.3 Å². The summed E-state index contributed by atoms with van der Waals surface area (Å²) in [5.74, 6) is -0.450. The van der Waals surface area contributed by atoms with Crippen LogP contribution in [0.25, 0.3) is 0 Å². The molecule has 3 fully saturated rings. The topological polar surface area (TPSA) is 86.8 Å².